The summed E-state index contributed by atoms with van der Waals surface area (Å²) in [5.41, 5.74) is 0.762. The molecule has 2 aromatic rings. The molecule has 6 heteroatoms. The number of carbonyl (C=O) groups is 2. The van der Waals surface area contributed by atoms with E-state index in [0.717, 1.165) is 18.2 Å². The summed E-state index contributed by atoms with van der Waals surface area (Å²) < 4.78 is 0. The molecule has 0 saturated carbocycles. The van der Waals surface area contributed by atoms with Gasteiger partial charge < -0.3 is 15.0 Å². The number of piperidine rings is 1. The maximum absolute atomic E-state index is 12.9. The molecule has 2 heterocycles. The Hall–Kier alpha value is -2.63. The number of pyridine rings is 1. The topological polar surface area (TPSA) is 90.5 Å². The number of aromatic nitrogens is 1. The highest BCUT2D eigenvalue weighted by Crippen LogP contribution is 2.24. The predicted molar refractivity (Wildman–Crippen MR) is 90.1 cm³/mol. The fourth-order valence-electron chi connectivity index (χ4n) is 3.36. The van der Waals surface area contributed by atoms with E-state index < -0.39 is 5.97 Å². The number of hydrogen-bond acceptors (Lipinski definition) is 3. The van der Waals surface area contributed by atoms with Gasteiger partial charge in [0.25, 0.3) is 5.91 Å². The molecule has 1 atom stereocenters. The summed E-state index contributed by atoms with van der Waals surface area (Å²) in [4.78, 5) is 40.0. The molecule has 0 spiro atoms. The number of rotatable bonds is 4. The van der Waals surface area contributed by atoms with Crippen molar-refractivity contribution in [2.45, 2.75) is 25.7 Å². The summed E-state index contributed by atoms with van der Waals surface area (Å²) in [6.45, 7) is 1.19. The minimum atomic E-state index is -0.806. The standard InChI is InChI=1S/C18H20N2O4/c21-16-10-14(13-5-1-2-6-15(13)19-16)18(24)20-9-3-4-12(11-20)7-8-17(22)23/h1-2,5-6,10,12H,3-4,7-9,11H2,(H,19,21)(H,22,23)/t12-/m0/s1. The highest BCUT2D eigenvalue weighted by Gasteiger charge is 2.26. The van der Waals surface area contributed by atoms with Gasteiger partial charge in [-0.25, -0.2) is 0 Å². The van der Waals surface area contributed by atoms with Crippen LogP contribution < -0.4 is 5.56 Å². The second-order valence-electron chi connectivity index (χ2n) is 6.28. The zero-order valence-electron chi connectivity index (χ0n) is 13.3. The van der Waals surface area contributed by atoms with Crippen LogP contribution in [0, 0.1) is 5.92 Å². The molecule has 0 radical (unpaired) electrons. The van der Waals surface area contributed by atoms with Crippen LogP contribution in [0.4, 0.5) is 0 Å². The van der Waals surface area contributed by atoms with Gasteiger partial charge in [-0.2, -0.15) is 0 Å². The fourth-order valence-corrected chi connectivity index (χ4v) is 3.36. The van der Waals surface area contributed by atoms with Crippen molar-refractivity contribution < 1.29 is 14.7 Å². The van der Waals surface area contributed by atoms with Crippen molar-refractivity contribution in [2.24, 2.45) is 5.92 Å². The molecule has 1 aromatic carbocycles. The lowest BCUT2D eigenvalue weighted by Crippen LogP contribution is -2.40. The first-order valence-corrected chi connectivity index (χ1v) is 8.18. The Bertz CT molecular complexity index is 827. The van der Waals surface area contributed by atoms with Gasteiger partial charge in [0.15, 0.2) is 0 Å². The predicted octanol–water partition coefficient (Wildman–Crippen LogP) is 2.25. The number of fused-ring (bicyclic) bond motifs is 1. The average Bonchev–Trinajstić information content (AvgIpc) is 2.58. The van der Waals surface area contributed by atoms with Crippen LogP contribution in [-0.2, 0) is 4.79 Å². The molecule has 3 rings (SSSR count). The van der Waals surface area contributed by atoms with Gasteiger partial charge in [0.2, 0.25) is 5.56 Å². The van der Waals surface area contributed by atoms with Gasteiger partial charge in [-0.05, 0) is 31.2 Å². The Kier molecular flexibility index (Phi) is 4.64. The SMILES string of the molecule is O=C(O)CC[C@@H]1CCCN(C(=O)c2cc(=O)[nH]c3ccccc23)C1. The number of aromatic amines is 1. The van der Waals surface area contributed by atoms with Gasteiger partial charge in [0, 0.05) is 36.5 Å². The first kappa shape index (κ1) is 16.2. The zero-order chi connectivity index (χ0) is 17.1. The minimum Gasteiger partial charge on any atom is -0.481 e. The smallest absolute Gasteiger partial charge is 0.303 e. The van der Waals surface area contributed by atoms with Crippen LogP contribution in [0.5, 0.6) is 0 Å². The molecule has 1 saturated heterocycles. The number of nitrogens with zero attached hydrogens (tertiary/aromatic N) is 1. The van der Waals surface area contributed by atoms with Gasteiger partial charge in [0.1, 0.15) is 0 Å². The Morgan fingerprint density at radius 2 is 2.08 bits per heavy atom. The molecular formula is C18H20N2O4. The summed E-state index contributed by atoms with van der Waals surface area (Å²) in [6, 6.07) is 8.61. The molecule has 126 valence electrons. The maximum Gasteiger partial charge on any atom is 0.303 e. The normalized spacial score (nSPS) is 17.8. The van der Waals surface area contributed by atoms with Gasteiger partial charge in [-0.1, -0.05) is 18.2 Å². The first-order valence-electron chi connectivity index (χ1n) is 8.18. The summed E-state index contributed by atoms with van der Waals surface area (Å²) >= 11 is 0. The van der Waals surface area contributed by atoms with E-state index in [1.54, 1.807) is 11.0 Å². The van der Waals surface area contributed by atoms with Crippen molar-refractivity contribution in [1.82, 2.24) is 9.88 Å². The molecule has 1 amide bonds. The number of hydrogen-bond donors (Lipinski definition) is 2. The monoisotopic (exact) mass is 328 g/mol. The lowest BCUT2D eigenvalue weighted by atomic mass is 9.93. The number of carbonyl (C=O) groups excluding carboxylic acids is 1. The molecule has 1 aromatic heterocycles. The second-order valence-corrected chi connectivity index (χ2v) is 6.28. The van der Waals surface area contributed by atoms with Gasteiger partial charge >= 0.3 is 5.97 Å². The Morgan fingerprint density at radius 3 is 2.88 bits per heavy atom. The highest BCUT2D eigenvalue weighted by molar-refractivity contribution is 6.05. The van der Waals surface area contributed by atoms with Gasteiger partial charge in [-0.3, -0.25) is 14.4 Å². The minimum absolute atomic E-state index is 0.126. The van der Waals surface area contributed by atoms with Crippen LogP contribution in [0.15, 0.2) is 35.1 Å². The number of amides is 1. The maximum atomic E-state index is 12.9. The number of carboxylic acids is 1. The molecule has 0 bridgehead atoms. The molecule has 1 aliphatic heterocycles. The van der Waals surface area contributed by atoms with Crippen LogP contribution in [0.25, 0.3) is 10.9 Å². The van der Waals surface area contributed by atoms with E-state index in [2.05, 4.69) is 4.98 Å². The number of para-hydroxylation sites is 1. The Morgan fingerprint density at radius 1 is 1.29 bits per heavy atom. The zero-order valence-corrected chi connectivity index (χ0v) is 13.3. The van der Waals surface area contributed by atoms with Crippen molar-refractivity contribution in [3.05, 3.63) is 46.2 Å². The van der Waals surface area contributed by atoms with E-state index in [-0.39, 0.29) is 23.8 Å². The van der Waals surface area contributed by atoms with E-state index in [4.69, 9.17) is 5.11 Å². The molecule has 24 heavy (non-hydrogen) atoms. The number of likely N-dealkylation sites (tertiary alicyclic amines) is 1. The quantitative estimate of drug-likeness (QED) is 0.900. The number of carboxylic acid groups (broad SMARTS) is 1. The molecule has 0 aliphatic carbocycles. The number of H-pyrrole nitrogens is 1. The van der Waals surface area contributed by atoms with E-state index >= 15 is 0 Å². The highest BCUT2D eigenvalue weighted by atomic mass is 16.4. The lowest BCUT2D eigenvalue weighted by Gasteiger charge is -2.33. The largest absolute Gasteiger partial charge is 0.481 e. The number of aliphatic carboxylic acids is 1. The third kappa shape index (κ3) is 3.48. The van der Waals surface area contributed by atoms with E-state index in [9.17, 15) is 14.4 Å². The Balaban J connectivity index is 1.84. The third-order valence-electron chi connectivity index (χ3n) is 4.55. The van der Waals surface area contributed by atoms with Crippen molar-refractivity contribution in [1.29, 1.82) is 0 Å². The summed E-state index contributed by atoms with van der Waals surface area (Å²) in [7, 11) is 0. The molecule has 6 nitrogen and oxygen atoms in total. The van der Waals surface area contributed by atoms with E-state index in [1.807, 2.05) is 18.2 Å². The van der Waals surface area contributed by atoms with Crippen LogP contribution in [0.1, 0.15) is 36.0 Å². The first-order chi connectivity index (χ1) is 11.5. The Labute approximate surface area is 139 Å². The van der Waals surface area contributed by atoms with Crippen molar-refractivity contribution in [3.63, 3.8) is 0 Å². The second kappa shape index (κ2) is 6.86. The average molecular weight is 328 g/mol. The molecule has 1 aliphatic rings. The summed E-state index contributed by atoms with van der Waals surface area (Å²) in [5.74, 6) is -0.761. The summed E-state index contributed by atoms with van der Waals surface area (Å²) in [5, 5.41) is 9.56. The molecule has 1 fully saturated rings. The van der Waals surface area contributed by atoms with Crippen LogP contribution >= 0.6 is 0 Å². The van der Waals surface area contributed by atoms with Crippen molar-refractivity contribution in [3.8, 4) is 0 Å². The van der Waals surface area contributed by atoms with Crippen molar-refractivity contribution in [2.75, 3.05) is 13.1 Å². The van der Waals surface area contributed by atoms with Gasteiger partial charge in [-0.15, -0.1) is 0 Å². The third-order valence-corrected chi connectivity index (χ3v) is 4.55. The lowest BCUT2D eigenvalue weighted by molar-refractivity contribution is -0.137. The van der Waals surface area contributed by atoms with Crippen LogP contribution in [0.2, 0.25) is 0 Å². The van der Waals surface area contributed by atoms with E-state index in [1.165, 1.54) is 6.07 Å². The molecule has 2 N–H and O–H groups in total. The molecule has 0 unspecified atom stereocenters. The summed E-state index contributed by atoms with van der Waals surface area (Å²) in [6.07, 6.45) is 2.50. The van der Waals surface area contributed by atoms with Crippen molar-refractivity contribution >= 4 is 22.8 Å². The fraction of sp³-hybridized carbons (Fsp3) is 0.389. The number of benzene rings is 1. The van der Waals surface area contributed by atoms with Crippen LogP contribution in [0.3, 0.4) is 0 Å². The number of nitrogens with one attached hydrogen (secondary N) is 1. The van der Waals surface area contributed by atoms with Gasteiger partial charge in [0.05, 0.1) is 5.56 Å². The van der Waals surface area contributed by atoms with Crippen LogP contribution in [-0.4, -0.2) is 40.0 Å². The van der Waals surface area contributed by atoms with E-state index in [0.29, 0.717) is 30.6 Å². The molecular weight excluding hydrogens is 308 g/mol.